The number of unbranched alkanes of at least 4 members (excludes halogenated alkanes) is 1. The van der Waals surface area contributed by atoms with Gasteiger partial charge in [-0.15, -0.1) is 0 Å². The van der Waals surface area contributed by atoms with Gasteiger partial charge in [-0.1, -0.05) is 124 Å². The first-order valence-corrected chi connectivity index (χ1v) is 18.5. The Morgan fingerprint density at radius 2 is 1.34 bits per heavy atom. The molecule has 1 aliphatic carbocycles. The molecule has 0 bridgehead atoms. The number of hydrogen-bond donors (Lipinski definition) is 0. The third-order valence-corrected chi connectivity index (χ3v) is 11.6. The van der Waals surface area contributed by atoms with Crippen LogP contribution in [0, 0.1) is 0 Å². The number of benzene rings is 5. The van der Waals surface area contributed by atoms with Crippen molar-refractivity contribution in [2.24, 2.45) is 0 Å². The van der Waals surface area contributed by atoms with Gasteiger partial charge in [-0.25, -0.2) is 0 Å². The van der Waals surface area contributed by atoms with E-state index in [9.17, 15) is 0 Å². The SMILES string of the molecule is CCCC[N+]1=C(/C=C/C2=C(c3ccccc3)C(=C/C=C3/N(C)c4ccc5ccccc5c4C3(C)C)/CC2)C(C)(C)c2c1ccc1ccccc21. The number of likely N-dealkylation sites (N-methyl/N-ethyl adjacent to an activating group) is 1. The lowest BCUT2D eigenvalue weighted by Crippen LogP contribution is -2.28. The summed E-state index contributed by atoms with van der Waals surface area (Å²) in [6, 6.07) is 38.0. The van der Waals surface area contributed by atoms with Gasteiger partial charge in [0.05, 0.1) is 5.41 Å². The molecule has 0 saturated carbocycles. The summed E-state index contributed by atoms with van der Waals surface area (Å²) < 4.78 is 2.61. The molecule has 0 unspecified atom stereocenters. The van der Waals surface area contributed by atoms with Crippen LogP contribution in [0.3, 0.4) is 0 Å². The second-order valence-electron chi connectivity index (χ2n) is 15.4. The molecule has 2 heterocycles. The van der Waals surface area contributed by atoms with Gasteiger partial charge in [-0.3, -0.25) is 0 Å². The highest BCUT2D eigenvalue weighted by molar-refractivity contribution is 6.08. The molecular formula is C48H49N2+. The van der Waals surface area contributed by atoms with Gasteiger partial charge in [0.2, 0.25) is 5.69 Å². The molecule has 0 radical (unpaired) electrons. The van der Waals surface area contributed by atoms with Crippen LogP contribution in [0.5, 0.6) is 0 Å². The van der Waals surface area contributed by atoms with Crippen molar-refractivity contribution in [1.29, 1.82) is 0 Å². The molecule has 0 aromatic heterocycles. The first-order valence-electron chi connectivity index (χ1n) is 18.5. The van der Waals surface area contributed by atoms with Crippen molar-refractivity contribution >= 4 is 44.2 Å². The van der Waals surface area contributed by atoms with Gasteiger partial charge in [0.1, 0.15) is 6.54 Å². The van der Waals surface area contributed by atoms with E-state index in [4.69, 9.17) is 0 Å². The molecule has 8 rings (SSSR count). The normalized spacial score (nSPS) is 19.6. The summed E-state index contributed by atoms with van der Waals surface area (Å²) in [7, 11) is 2.23. The Kier molecular flexibility index (Phi) is 8.02. The molecule has 0 spiro atoms. The van der Waals surface area contributed by atoms with E-state index in [-0.39, 0.29) is 10.8 Å². The average Bonchev–Trinajstić information content (AvgIpc) is 3.70. The van der Waals surface area contributed by atoms with E-state index in [1.54, 1.807) is 0 Å². The first-order chi connectivity index (χ1) is 24.2. The predicted molar refractivity (Wildman–Crippen MR) is 215 cm³/mol. The van der Waals surface area contributed by atoms with Crippen LogP contribution in [0.25, 0.3) is 27.1 Å². The second-order valence-corrected chi connectivity index (χ2v) is 15.4. The minimum Gasteiger partial charge on any atom is -0.347 e. The number of anilines is 1. The molecule has 0 atom stereocenters. The fraction of sp³-hybridized carbons (Fsp3) is 0.271. The molecule has 2 nitrogen and oxygen atoms in total. The van der Waals surface area contributed by atoms with Gasteiger partial charge < -0.3 is 4.90 Å². The fourth-order valence-electron chi connectivity index (χ4n) is 9.18. The van der Waals surface area contributed by atoms with Crippen LogP contribution in [0.4, 0.5) is 11.4 Å². The topological polar surface area (TPSA) is 6.25 Å². The highest BCUT2D eigenvalue weighted by Gasteiger charge is 2.45. The van der Waals surface area contributed by atoms with Crippen molar-refractivity contribution in [1.82, 2.24) is 0 Å². The first kappa shape index (κ1) is 32.3. The number of hydrogen-bond acceptors (Lipinski definition) is 1. The lowest BCUT2D eigenvalue weighted by atomic mass is 9.79. The Morgan fingerprint density at radius 1 is 0.680 bits per heavy atom. The van der Waals surface area contributed by atoms with Crippen molar-refractivity contribution in [3.05, 3.63) is 161 Å². The van der Waals surface area contributed by atoms with Crippen LogP contribution in [-0.2, 0) is 10.8 Å². The van der Waals surface area contributed by atoms with Crippen LogP contribution < -0.4 is 4.90 Å². The molecule has 2 aliphatic heterocycles. The zero-order valence-corrected chi connectivity index (χ0v) is 30.6. The fourth-order valence-corrected chi connectivity index (χ4v) is 9.18. The molecule has 3 aliphatic rings. The summed E-state index contributed by atoms with van der Waals surface area (Å²) in [5, 5.41) is 5.35. The molecule has 50 heavy (non-hydrogen) atoms. The van der Waals surface area contributed by atoms with Crippen LogP contribution >= 0.6 is 0 Å². The van der Waals surface area contributed by atoms with Crippen molar-refractivity contribution in [2.45, 2.75) is 71.1 Å². The van der Waals surface area contributed by atoms with E-state index in [0.717, 1.165) is 19.4 Å². The van der Waals surface area contributed by atoms with Crippen LogP contribution in [0.2, 0.25) is 0 Å². The number of allylic oxidation sites excluding steroid dienone is 8. The van der Waals surface area contributed by atoms with Gasteiger partial charge in [0, 0.05) is 48.0 Å². The van der Waals surface area contributed by atoms with E-state index in [2.05, 4.69) is 179 Å². The zero-order valence-electron chi connectivity index (χ0n) is 30.6. The minimum atomic E-state index is -0.105. The molecule has 0 amide bonds. The third-order valence-electron chi connectivity index (χ3n) is 11.6. The van der Waals surface area contributed by atoms with Crippen molar-refractivity contribution in [3.8, 4) is 0 Å². The van der Waals surface area contributed by atoms with Gasteiger partial charge in [0.15, 0.2) is 5.71 Å². The van der Waals surface area contributed by atoms with E-state index in [1.807, 2.05) is 0 Å². The molecule has 0 fully saturated rings. The summed E-state index contributed by atoms with van der Waals surface area (Å²) in [6.45, 7) is 12.9. The molecule has 0 N–H and O–H groups in total. The lowest BCUT2D eigenvalue weighted by molar-refractivity contribution is -0.438. The van der Waals surface area contributed by atoms with E-state index >= 15 is 0 Å². The van der Waals surface area contributed by atoms with E-state index < -0.39 is 0 Å². The average molecular weight is 654 g/mol. The van der Waals surface area contributed by atoms with E-state index in [1.165, 1.54) is 90.6 Å². The summed E-state index contributed by atoms with van der Waals surface area (Å²) in [4.78, 5) is 2.41. The Balaban J connectivity index is 1.22. The monoisotopic (exact) mass is 653 g/mol. The highest BCUT2D eigenvalue weighted by Crippen LogP contribution is 2.50. The van der Waals surface area contributed by atoms with Crippen molar-refractivity contribution < 1.29 is 4.58 Å². The standard InChI is InChI=1S/C48H49N2/c1-7-8-32-50-41-29-25-34-17-13-15-21-39(34)46(41)48(4,5)43(50)31-27-37-23-22-36(44(37)35-18-10-9-11-19-35)26-30-42-47(2,3)45-38-20-14-12-16-33(38)24-28-40(45)49(42)6/h9-21,24-31H,7-8,22-23,32H2,1-6H3/q+1. The summed E-state index contributed by atoms with van der Waals surface area (Å²) >= 11 is 0. The largest absolute Gasteiger partial charge is 0.347 e. The third kappa shape index (κ3) is 5.11. The molecule has 250 valence electrons. The zero-order chi connectivity index (χ0) is 34.6. The van der Waals surface area contributed by atoms with Crippen LogP contribution in [-0.4, -0.2) is 23.9 Å². The molecule has 5 aromatic rings. The van der Waals surface area contributed by atoms with E-state index in [0.29, 0.717) is 0 Å². The van der Waals surface area contributed by atoms with Gasteiger partial charge in [0.25, 0.3) is 0 Å². The number of rotatable bonds is 7. The Bertz CT molecular complexity index is 2310. The van der Waals surface area contributed by atoms with Crippen molar-refractivity contribution in [2.75, 3.05) is 18.5 Å². The Hall–Kier alpha value is -4.95. The number of nitrogens with zero attached hydrogens (tertiary/aromatic N) is 2. The van der Waals surface area contributed by atoms with Crippen LogP contribution in [0.1, 0.15) is 77.0 Å². The second kappa shape index (κ2) is 12.4. The summed E-state index contributed by atoms with van der Waals surface area (Å²) in [6.07, 6.45) is 14.2. The quantitative estimate of drug-likeness (QED) is 0.158. The Labute approximate surface area is 298 Å². The molecule has 0 saturated heterocycles. The lowest BCUT2D eigenvalue weighted by Gasteiger charge is -2.24. The van der Waals surface area contributed by atoms with Gasteiger partial charge in [-0.2, -0.15) is 4.58 Å². The maximum absolute atomic E-state index is 2.61. The smallest absolute Gasteiger partial charge is 0.210 e. The maximum atomic E-state index is 2.61. The minimum absolute atomic E-state index is 0.104. The number of fused-ring (bicyclic) bond motifs is 6. The van der Waals surface area contributed by atoms with Gasteiger partial charge >= 0.3 is 0 Å². The molecule has 5 aromatic carbocycles. The molecular weight excluding hydrogens is 605 g/mol. The van der Waals surface area contributed by atoms with Crippen LogP contribution in [0.15, 0.2) is 144 Å². The summed E-state index contributed by atoms with van der Waals surface area (Å²) in [5.74, 6) is 0. The van der Waals surface area contributed by atoms with Crippen molar-refractivity contribution in [3.63, 3.8) is 0 Å². The molecule has 2 heteroatoms. The highest BCUT2D eigenvalue weighted by atomic mass is 15.2. The maximum Gasteiger partial charge on any atom is 0.210 e. The predicted octanol–water partition coefficient (Wildman–Crippen LogP) is 12.2. The summed E-state index contributed by atoms with van der Waals surface area (Å²) in [5.41, 5.74) is 13.6. The Morgan fingerprint density at radius 3 is 2.06 bits per heavy atom. The van der Waals surface area contributed by atoms with Gasteiger partial charge in [-0.05, 0) is 94.3 Å².